The van der Waals surface area contributed by atoms with Gasteiger partial charge in [0, 0.05) is 12.7 Å². The molecule has 1 aromatic carbocycles. The van der Waals surface area contributed by atoms with Gasteiger partial charge in [0.1, 0.15) is 11.9 Å². The van der Waals surface area contributed by atoms with Gasteiger partial charge >= 0.3 is 0 Å². The van der Waals surface area contributed by atoms with E-state index in [1.807, 2.05) is 0 Å². The zero-order chi connectivity index (χ0) is 15.7. The van der Waals surface area contributed by atoms with Gasteiger partial charge < -0.3 is 10.0 Å². The molecular formula is C16H13F2N3O. The van der Waals surface area contributed by atoms with Gasteiger partial charge in [-0.1, -0.05) is 6.07 Å². The van der Waals surface area contributed by atoms with Gasteiger partial charge in [0.15, 0.2) is 11.6 Å². The lowest BCUT2D eigenvalue weighted by Crippen LogP contribution is -2.26. The first-order chi connectivity index (χ1) is 10.6. The van der Waals surface area contributed by atoms with Crippen molar-refractivity contribution >= 4 is 5.82 Å². The van der Waals surface area contributed by atoms with Crippen LogP contribution in [0.2, 0.25) is 0 Å². The molecule has 0 amide bonds. The smallest absolute Gasteiger partial charge is 0.159 e. The van der Waals surface area contributed by atoms with Crippen LogP contribution in [0, 0.1) is 23.0 Å². The summed E-state index contributed by atoms with van der Waals surface area (Å²) >= 11 is 0. The van der Waals surface area contributed by atoms with Crippen molar-refractivity contribution in [3.8, 4) is 6.07 Å². The topological polar surface area (TPSA) is 60.2 Å². The van der Waals surface area contributed by atoms with E-state index in [1.54, 1.807) is 23.2 Å². The van der Waals surface area contributed by atoms with Crippen LogP contribution in [0.4, 0.5) is 14.6 Å². The Labute approximate surface area is 126 Å². The molecule has 22 heavy (non-hydrogen) atoms. The van der Waals surface area contributed by atoms with E-state index in [4.69, 9.17) is 0 Å². The van der Waals surface area contributed by atoms with Gasteiger partial charge in [-0.25, -0.2) is 13.8 Å². The second-order valence-corrected chi connectivity index (χ2v) is 5.22. The van der Waals surface area contributed by atoms with Crippen molar-refractivity contribution < 1.29 is 13.9 Å². The standard InChI is InChI=1S/C16H13F2N3O/c17-13-4-3-10(6-14(13)18)15-7-12(22)9-21(15)16-11(8-19)2-1-5-20-16/h1-6,12,15,22H,7,9H2/t12-,15+/m0/s1. The number of nitrogens with zero attached hydrogens (tertiary/aromatic N) is 3. The number of pyridine rings is 1. The molecule has 0 spiro atoms. The molecule has 4 nitrogen and oxygen atoms in total. The van der Waals surface area contributed by atoms with E-state index in [2.05, 4.69) is 11.1 Å². The molecule has 0 unspecified atom stereocenters. The van der Waals surface area contributed by atoms with Crippen molar-refractivity contribution in [2.75, 3.05) is 11.4 Å². The van der Waals surface area contributed by atoms with E-state index >= 15 is 0 Å². The molecule has 2 aromatic rings. The molecule has 0 bridgehead atoms. The zero-order valence-corrected chi connectivity index (χ0v) is 11.6. The summed E-state index contributed by atoms with van der Waals surface area (Å²) in [6.07, 6.45) is 1.31. The molecule has 1 aliphatic heterocycles. The highest BCUT2D eigenvalue weighted by atomic mass is 19.2. The number of rotatable bonds is 2. The number of β-amino-alcohol motifs (C(OH)–C–C–N with tert-alkyl or cyclic N) is 1. The van der Waals surface area contributed by atoms with Crippen LogP contribution < -0.4 is 4.90 Å². The van der Waals surface area contributed by atoms with Gasteiger partial charge in [0.25, 0.3) is 0 Å². The van der Waals surface area contributed by atoms with Crippen molar-refractivity contribution in [3.63, 3.8) is 0 Å². The molecule has 3 rings (SSSR count). The molecule has 0 aliphatic carbocycles. The lowest BCUT2D eigenvalue weighted by Gasteiger charge is -2.26. The minimum atomic E-state index is -0.930. The van der Waals surface area contributed by atoms with Crippen LogP contribution >= 0.6 is 0 Å². The quantitative estimate of drug-likeness (QED) is 0.926. The van der Waals surface area contributed by atoms with Crippen LogP contribution in [0.5, 0.6) is 0 Å². The van der Waals surface area contributed by atoms with Crippen LogP contribution in [-0.4, -0.2) is 22.7 Å². The second-order valence-electron chi connectivity index (χ2n) is 5.22. The maximum absolute atomic E-state index is 13.5. The molecule has 1 aromatic heterocycles. The Balaban J connectivity index is 2.02. The summed E-state index contributed by atoms with van der Waals surface area (Å²) in [5.41, 5.74) is 0.925. The Hall–Kier alpha value is -2.52. The molecule has 2 heterocycles. The molecule has 6 heteroatoms. The fraction of sp³-hybridized carbons (Fsp3) is 0.250. The first kappa shape index (κ1) is 14.4. The Bertz CT molecular complexity index is 744. The lowest BCUT2D eigenvalue weighted by molar-refractivity contribution is 0.194. The third kappa shape index (κ3) is 2.51. The van der Waals surface area contributed by atoms with Crippen LogP contribution in [0.3, 0.4) is 0 Å². The number of hydrogen-bond donors (Lipinski definition) is 1. The van der Waals surface area contributed by atoms with Crippen LogP contribution in [0.15, 0.2) is 36.5 Å². The molecule has 2 atom stereocenters. The summed E-state index contributed by atoms with van der Waals surface area (Å²) in [4.78, 5) is 5.97. The van der Waals surface area contributed by atoms with E-state index in [1.165, 1.54) is 6.07 Å². The van der Waals surface area contributed by atoms with E-state index in [-0.39, 0.29) is 12.6 Å². The van der Waals surface area contributed by atoms with Crippen LogP contribution in [0.25, 0.3) is 0 Å². The highest BCUT2D eigenvalue weighted by Crippen LogP contribution is 2.37. The Kier molecular flexibility index (Phi) is 3.73. The van der Waals surface area contributed by atoms with E-state index in [9.17, 15) is 19.1 Å². The van der Waals surface area contributed by atoms with Crippen molar-refractivity contribution in [3.05, 3.63) is 59.3 Å². The Morgan fingerprint density at radius 2 is 2.09 bits per heavy atom. The first-order valence-corrected chi connectivity index (χ1v) is 6.85. The predicted molar refractivity (Wildman–Crippen MR) is 76.0 cm³/mol. The third-order valence-corrected chi connectivity index (χ3v) is 3.79. The molecule has 0 radical (unpaired) electrons. The van der Waals surface area contributed by atoms with E-state index < -0.39 is 17.7 Å². The molecular weight excluding hydrogens is 288 g/mol. The number of aromatic nitrogens is 1. The van der Waals surface area contributed by atoms with E-state index in [0.29, 0.717) is 23.4 Å². The Morgan fingerprint density at radius 3 is 2.82 bits per heavy atom. The summed E-state index contributed by atoms with van der Waals surface area (Å²) < 4.78 is 26.6. The van der Waals surface area contributed by atoms with Gasteiger partial charge in [-0.05, 0) is 36.2 Å². The SMILES string of the molecule is N#Cc1cccnc1N1C[C@@H](O)C[C@@H]1c1ccc(F)c(F)c1. The normalized spacial score (nSPS) is 20.9. The van der Waals surface area contributed by atoms with Crippen LogP contribution in [0.1, 0.15) is 23.6 Å². The predicted octanol–water partition coefficient (Wildman–Crippen LogP) is 2.54. The van der Waals surface area contributed by atoms with Crippen molar-refractivity contribution in [1.29, 1.82) is 5.26 Å². The molecule has 0 saturated carbocycles. The molecule has 1 N–H and O–H groups in total. The molecule has 1 saturated heterocycles. The fourth-order valence-corrected chi connectivity index (χ4v) is 2.80. The van der Waals surface area contributed by atoms with Gasteiger partial charge in [-0.15, -0.1) is 0 Å². The fourth-order valence-electron chi connectivity index (χ4n) is 2.80. The van der Waals surface area contributed by atoms with Gasteiger partial charge in [-0.3, -0.25) is 0 Å². The van der Waals surface area contributed by atoms with Crippen molar-refractivity contribution in [2.24, 2.45) is 0 Å². The number of anilines is 1. The van der Waals surface area contributed by atoms with Crippen molar-refractivity contribution in [1.82, 2.24) is 4.98 Å². The number of halogens is 2. The van der Waals surface area contributed by atoms with Gasteiger partial charge in [0.05, 0.1) is 17.7 Å². The molecule has 112 valence electrons. The van der Waals surface area contributed by atoms with E-state index in [0.717, 1.165) is 12.1 Å². The minimum absolute atomic E-state index is 0.287. The molecule has 1 aliphatic rings. The number of hydrogen-bond acceptors (Lipinski definition) is 4. The maximum Gasteiger partial charge on any atom is 0.159 e. The summed E-state index contributed by atoms with van der Waals surface area (Å²) in [5.74, 6) is -1.40. The van der Waals surface area contributed by atoms with Crippen LogP contribution in [-0.2, 0) is 0 Å². The third-order valence-electron chi connectivity index (χ3n) is 3.79. The minimum Gasteiger partial charge on any atom is -0.391 e. The summed E-state index contributed by atoms with van der Waals surface area (Å²) in [6.45, 7) is 0.287. The van der Waals surface area contributed by atoms with Crippen molar-refractivity contribution in [2.45, 2.75) is 18.6 Å². The lowest BCUT2D eigenvalue weighted by atomic mass is 10.0. The highest BCUT2D eigenvalue weighted by Gasteiger charge is 2.34. The first-order valence-electron chi connectivity index (χ1n) is 6.85. The zero-order valence-electron chi connectivity index (χ0n) is 11.6. The monoisotopic (exact) mass is 301 g/mol. The largest absolute Gasteiger partial charge is 0.391 e. The summed E-state index contributed by atoms with van der Waals surface area (Å²) in [7, 11) is 0. The number of aliphatic hydroxyl groups excluding tert-OH is 1. The Morgan fingerprint density at radius 1 is 1.27 bits per heavy atom. The average Bonchev–Trinajstić information content (AvgIpc) is 2.91. The van der Waals surface area contributed by atoms with Gasteiger partial charge in [0.2, 0.25) is 0 Å². The van der Waals surface area contributed by atoms with Gasteiger partial charge in [-0.2, -0.15) is 5.26 Å². The summed E-state index contributed by atoms with van der Waals surface area (Å²) in [6, 6.07) is 8.67. The average molecular weight is 301 g/mol. The number of benzene rings is 1. The second kappa shape index (κ2) is 5.70. The summed E-state index contributed by atoms with van der Waals surface area (Å²) in [5, 5.41) is 19.2. The number of aliphatic hydroxyl groups is 1. The maximum atomic E-state index is 13.5. The highest BCUT2D eigenvalue weighted by molar-refractivity contribution is 5.56. The molecule has 1 fully saturated rings. The number of nitriles is 1.